The molecule has 0 aromatic rings. The molecule has 64 valence electrons. The van der Waals surface area contributed by atoms with E-state index in [1.807, 2.05) is 0 Å². The van der Waals surface area contributed by atoms with Crippen LogP contribution in [-0.2, 0) is 0 Å². The Labute approximate surface area is 73.7 Å². The predicted molar refractivity (Wildman–Crippen MR) is 46.5 cm³/mol. The smallest absolute Gasteiger partial charge is 0.0176 e. The van der Waals surface area contributed by atoms with Crippen molar-refractivity contribution < 1.29 is 0 Å². The summed E-state index contributed by atoms with van der Waals surface area (Å²) in [7, 11) is 0. The zero-order valence-electron chi connectivity index (χ0n) is 7.50. The van der Waals surface area contributed by atoms with E-state index in [1.165, 1.54) is 35.5 Å². The molecule has 7 unspecified atom stereocenters. The largest absolute Gasteiger partial charge is 0.0499 e. The molecule has 5 fully saturated rings. The number of hydrogen-bond donors (Lipinski definition) is 0. The van der Waals surface area contributed by atoms with Gasteiger partial charge in [-0.15, -0.1) is 0 Å². The maximum Gasteiger partial charge on any atom is -0.0176 e. The fourth-order valence-electron chi connectivity index (χ4n) is 6.47. The van der Waals surface area contributed by atoms with Gasteiger partial charge in [0, 0.05) is 0 Å². The fraction of sp³-hybridized carbons (Fsp3) is 1.00. The van der Waals surface area contributed by atoms with Gasteiger partial charge in [0.1, 0.15) is 0 Å². The highest BCUT2D eigenvalue weighted by Gasteiger charge is 2.83. The van der Waals surface area contributed by atoms with Crippen LogP contribution in [0.15, 0.2) is 0 Å². The maximum absolute atomic E-state index is 1.66. The molecule has 0 amide bonds. The van der Waals surface area contributed by atoms with Gasteiger partial charge in [-0.1, -0.05) is 0 Å². The van der Waals surface area contributed by atoms with Crippen molar-refractivity contribution >= 4 is 0 Å². The van der Waals surface area contributed by atoms with E-state index in [0.717, 1.165) is 5.41 Å². The van der Waals surface area contributed by atoms with Crippen LogP contribution in [0.4, 0.5) is 0 Å². The van der Waals surface area contributed by atoms with Crippen molar-refractivity contribution in [2.75, 3.05) is 0 Å². The molecule has 1 spiro atoms. The van der Waals surface area contributed by atoms with Gasteiger partial charge in [0.05, 0.1) is 0 Å². The summed E-state index contributed by atoms with van der Waals surface area (Å²) >= 11 is 0. The van der Waals surface area contributed by atoms with Crippen molar-refractivity contribution in [2.45, 2.75) is 32.1 Å². The monoisotopic (exact) mass is 160 g/mol. The van der Waals surface area contributed by atoms with Crippen molar-refractivity contribution in [1.29, 1.82) is 0 Å². The standard InChI is InChI=1S/C12H16/c1-2-7-4-8-5-10-9-3-6(1)11(9)12(7,8)10/h6-11H,1-5H2. The minimum absolute atomic E-state index is 1.03. The van der Waals surface area contributed by atoms with Crippen molar-refractivity contribution in [3.05, 3.63) is 0 Å². The quantitative estimate of drug-likeness (QED) is 0.511. The lowest BCUT2D eigenvalue weighted by Gasteiger charge is -2.89. The molecular formula is C12H16. The van der Waals surface area contributed by atoms with Gasteiger partial charge in [0.2, 0.25) is 0 Å². The first-order chi connectivity index (χ1) is 5.92. The van der Waals surface area contributed by atoms with E-state index in [4.69, 9.17) is 0 Å². The molecule has 5 aliphatic carbocycles. The molecule has 7 atom stereocenters. The highest BCUT2D eigenvalue weighted by atomic mass is 14.9. The van der Waals surface area contributed by atoms with Crippen LogP contribution in [0.2, 0.25) is 0 Å². The second-order valence-electron chi connectivity index (χ2n) is 6.23. The lowest BCUT2D eigenvalue weighted by molar-refractivity contribution is -0.410. The second-order valence-corrected chi connectivity index (χ2v) is 6.23. The Hall–Kier alpha value is 0. The van der Waals surface area contributed by atoms with Crippen LogP contribution in [0.3, 0.4) is 0 Å². The Morgan fingerprint density at radius 2 is 1.92 bits per heavy atom. The molecular weight excluding hydrogens is 144 g/mol. The average molecular weight is 160 g/mol. The lowest BCUT2D eigenvalue weighted by Crippen LogP contribution is -2.83. The molecule has 5 rings (SSSR count). The number of hydrogen-bond acceptors (Lipinski definition) is 0. The van der Waals surface area contributed by atoms with Gasteiger partial charge in [-0.05, 0) is 73.0 Å². The average Bonchev–Trinajstić information content (AvgIpc) is 2.07. The van der Waals surface area contributed by atoms with Crippen molar-refractivity contribution in [3.63, 3.8) is 0 Å². The van der Waals surface area contributed by atoms with Crippen LogP contribution in [0, 0.1) is 40.9 Å². The minimum atomic E-state index is 1.03. The van der Waals surface area contributed by atoms with Gasteiger partial charge in [0.25, 0.3) is 0 Å². The SMILES string of the molecule is C1CC2CC3CC4C5CC1C5C234. The van der Waals surface area contributed by atoms with Crippen LogP contribution in [-0.4, -0.2) is 0 Å². The molecule has 0 nitrogen and oxygen atoms in total. The highest BCUT2D eigenvalue weighted by Crippen LogP contribution is 2.89. The molecule has 5 aliphatic rings. The summed E-state index contributed by atoms with van der Waals surface area (Å²) in [5.74, 6) is 7.52. The molecule has 0 aliphatic heterocycles. The molecule has 0 saturated heterocycles. The Bertz CT molecular complexity index is 263. The summed E-state index contributed by atoms with van der Waals surface area (Å²) < 4.78 is 0. The summed E-state index contributed by atoms with van der Waals surface area (Å²) in [5, 5.41) is 0. The van der Waals surface area contributed by atoms with Crippen LogP contribution in [0.1, 0.15) is 32.1 Å². The van der Waals surface area contributed by atoms with Gasteiger partial charge in [0.15, 0.2) is 0 Å². The molecule has 0 aromatic heterocycles. The number of rotatable bonds is 0. The van der Waals surface area contributed by atoms with Crippen molar-refractivity contribution in [1.82, 2.24) is 0 Å². The van der Waals surface area contributed by atoms with E-state index in [-0.39, 0.29) is 0 Å². The van der Waals surface area contributed by atoms with E-state index in [2.05, 4.69) is 0 Å². The molecule has 0 aromatic carbocycles. The third-order valence-electron chi connectivity index (χ3n) is 6.69. The van der Waals surface area contributed by atoms with E-state index < -0.39 is 0 Å². The maximum atomic E-state index is 1.66. The third-order valence-corrected chi connectivity index (χ3v) is 6.69. The molecule has 0 bridgehead atoms. The fourth-order valence-corrected chi connectivity index (χ4v) is 6.47. The molecule has 0 heteroatoms. The molecule has 0 N–H and O–H groups in total. The molecule has 12 heavy (non-hydrogen) atoms. The first-order valence-corrected chi connectivity index (χ1v) is 5.92. The highest BCUT2D eigenvalue weighted by molar-refractivity contribution is 5.31. The van der Waals surface area contributed by atoms with E-state index in [9.17, 15) is 0 Å². The number of fused-ring (bicyclic) bond motifs is 1. The van der Waals surface area contributed by atoms with E-state index >= 15 is 0 Å². The zero-order chi connectivity index (χ0) is 7.50. The predicted octanol–water partition coefficient (Wildman–Crippen LogP) is 2.69. The summed E-state index contributed by atoms with van der Waals surface area (Å²) in [6, 6.07) is 0. The van der Waals surface area contributed by atoms with E-state index in [0.29, 0.717) is 0 Å². The van der Waals surface area contributed by atoms with Gasteiger partial charge in [-0.25, -0.2) is 0 Å². The van der Waals surface area contributed by atoms with Gasteiger partial charge in [-0.2, -0.15) is 0 Å². The normalized spacial score (nSPS) is 80.0. The van der Waals surface area contributed by atoms with Crippen LogP contribution in [0.5, 0.6) is 0 Å². The van der Waals surface area contributed by atoms with Gasteiger partial charge < -0.3 is 0 Å². The summed E-state index contributed by atoms with van der Waals surface area (Å²) in [4.78, 5) is 0. The Balaban J connectivity index is 1.69. The second kappa shape index (κ2) is 1.31. The third kappa shape index (κ3) is 0.288. The molecule has 5 saturated carbocycles. The topological polar surface area (TPSA) is 0 Å². The summed E-state index contributed by atoms with van der Waals surface area (Å²) in [6.45, 7) is 0. The van der Waals surface area contributed by atoms with Gasteiger partial charge >= 0.3 is 0 Å². The van der Waals surface area contributed by atoms with Crippen LogP contribution < -0.4 is 0 Å². The van der Waals surface area contributed by atoms with E-state index in [1.54, 1.807) is 32.1 Å². The van der Waals surface area contributed by atoms with Crippen LogP contribution >= 0.6 is 0 Å². The zero-order valence-corrected chi connectivity index (χ0v) is 7.50. The summed E-state index contributed by atoms with van der Waals surface area (Å²) in [6.07, 6.45) is 8.20. The summed E-state index contributed by atoms with van der Waals surface area (Å²) in [5.41, 5.74) is 1.03. The molecule has 0 radical (unpaired) electrons. The van der Waals surface area contributed by atoms with Gasteiger partial charge in [-0.3, -0.25) is 0 Å². The first kappa shape index (κ1) is 5.67. The molecule has 0 heterocycles. The minimum Gasteiger partial charge on any atom is -0.0499 e. The van der Waals surface area contributed by atoms with Crippen LogP contribution in [0.25, 0.3) is 0 Å². The Kier molecular flexibility index (Phi) is 0.618. The Morgan fingerprint density at radius 3 is 2.75 bits per heavy atom. The Morgan fingerprint density at radius 1 is 0.917 bits per heavy atom. The van der Waals surface area contributed by atoms with Crippen molar-refractivity contribution in [2.24, 2.45) is 40.9 Å². The lowest BCUT2D eigenvalue weighted by atomic mass is 9.16. The first-order valence-electron chi connectivity index (χ1n) is 5.92. The van der Waals surface area contributed by atoms with Crippen molar-refractivity contribution in [3.8, 4) is 0 Å².